The zero-order chi connectivity index (χ0) is 17.8. The highest BCUT2D eigenvalue weighted by molar-refractivity contribution is 9.09. The first-order valence-electron chi connectivity index (χ1n) is 9.19. The Kier molecular flexibility index (Phi) is 3.04. The number of halogens is 1. The smallest absolute Gasteiger partial charge is 0.217 e. The van der Waals surface area contributed by atoms with Crippen LogP contribution in [0.15, 0.2) is 24.3 Å². The molecular formula is C20H24BrNO3. The third-order valence-electron chi connectivity index (χ3n) is 8.12. The normalized spacial score (nSPS) is 52.0. The minimum Gasteiger partial charge on any atom is -0.389 e. The fourth-order valence-corrected chi connectivity index (χ4v) is 8.15. The maximum Gasteiger partial charge on any atom is 0.217 e. The van der Waals surface area contributed by atoms with E-state index in [0.29, 0.717) is 12.8 Å². The van der Waals surface area contributed by atoms with Crippen LogP contribution in [0.5, 0.6) is 0 Å². The van der Waals surface area contributed by atoms with E-state index in [0.717, 1.165) is 12.0 Å². The van der Waals surface area contributed by atoms with Gasteiger partial charge in [-0.1, -0.05) is 47.1 Å². The Hall–Kier alpha value is -0.910. The van der Waals surface area contributed by atoms with Crippen LogP contribution in [-0.2, 0) is 4.79 Å². The van der Waals surface area contributed by atoms with Crippen LogP contribution >= 0.6 is 15.9 Å². The lowest BCUT2D eigenvalue weighted by Crippen LogP contribution is -2.77. The molecule has 4 bridgehead atoms. The van der Waals surface area contributed by atoms with Crippen LogP contribution in [0.3, 0.4) is 0 Å². The van der Waals surface area contributed by atoms with Crippen LogP contribution in [0.2, 0.25) is 0 Å². The van der Waals surface area contributed by atoms with Gasteiger partial charge in [0.2, 0.25) is 5.91 Å². The molecule has 134 valence electrons. The van der Waals surface area contributed by atoms with Crippen LogP contribution in [0.1, 0.15) is 56.2 Å². The first kappa shape index (κ1) is 16.3. The largest absolute Gasteiger partial charge is 0.389 e. The molecule has 5 rings (SSSR count). The average molecular weight is 406 g/mol. The van der Waals surface area contributed by atoms with E-state index in [9.17, 15) is 15.0 Å². The molecule has 4 aliphatic rings. The molecule has 0 aromatic heterocycles. The lowest BCUT2D eigenvalue weighted by Gasteiger charge is -2.72. The van der Waals surface area contributed by atoms with E-state index in [1.54, 1.807) is 0 Å². The van der Waals surface area contributed by atoms with Gasteiger partial charge >= 0.3 is 0 Å². The molecule has 3 N–H and O–H groups in total. The second kappa shape index (κ2) is 4.68. The molecule has 1 amide bonds. The maximum atomic E-state index is 11.8. The molecule has 3 fully saturated rings. The molecule has 0 heterocycles. The van der Waals surface area contributed by atoms with Crippen molar-refractivity contribution in [2.45, 2.75) is 61.1 Å². The Balaban J connectivity index is 1.72. The Morgan fingerprint density at radius 3 is 2.52 bits per heavy atom. The topological polar surface area (TPSA) is 69.6 Å². The summed E-state index contributed by atoms with van der Waals surface area (Å²) in [6, 6.07) is 8.06. The highest BCUT2D eigenvalue weighted by atomic mass is 79.9. The van der Waals surface area contributed by atoms with Gasteiger partial charge in [0.1, 0.15) is 0 Å². The van der Waals surface area contributed by atoms with Crippen molar-refractivity contribution in [2.24, 2.45) is 17.3 Å². The summed E-state index contributed by atoms with van der Waals surface area (Å²) in [4.78, 5) is 11.8. The average Bonchev–Trinajstić information content (AvgIpc) is 2.66. The molecule has 1 unspecified atom stereocenters. The number of alkyl halides is 1. The number of hydrogen-bond acceptors (Lipinski definition) is 3. The first-order valence-corrected chi connectivity index (χ1v) is 10.1. The molecule has 0 spiro atoms. The summed E-state index contributed by atoms with van der Waals surface area (Å²) in [5.41, 5.74) is 0.198. The van der Waals surface area contributed by atoms with Crippen molar-refractivity contribution in [1.29, 1.82) is 0 Å². The molecule has 0 radical (unpaired) electrons. The van der Waals surface area contributed by atoms with E-state index in [-0.39, 0.29) is 34.5 Å². The lowest BCUT2D eigenvalue weighted by atomic mass is 9.36. The van der Waals surface area contributed by atoms with Crippen molar-refractivity contribution in [2.75, 3.05) is 0 Å². The van der Waals surface area contributed by atoms with Gasteiger partial charge in [-0.15, -0.1) is 0 Å². The maximum absolute atomic E-state index is 11.8. The number of aliphatic hydroxyl groups is 2. The van der Waals surface area contributed by atoms with E-state index < -0.39 is 16.6 Å². The standard InChI is InChI=1S/C20H24BrNO3/c1-10(23)22-17-12-6-4-3-5-11(12)14-13-9-18(2)19(13,24)7-8-20(18,25)15(14)16(17)21/h3-6,13-17,24-25H,7-9H2,1-2H3,(H,22,23)/t13-,14+,15+,16-,17+,18-,19?,20+/m0/s1. The molecule has 1 aromatic carbocycles. The number of nitrogens with one attached hydrogen (secondary N) is 1. The predicted molar refractivity (Wildman–Crippen MR) is 97.3 cm³/mol. The SMILES string of the molecule is CC(=O)N[C@@H]1c2ccccc2[C@H]2[C@H]([C@@H]1Br)[C@]1(O)CCC3(O)[C@H]2C[C@@]31C. The third-order valence-corrected chi connectivity index (χ3v) is 9.22. The molecule has 0 aliphatic heterocycles. The van der Waals surface area contributed by atoms with Crippen LogP contribution in [-0.4, -0.2) is 32.1 Å². The van der Waals surface area contributed by atoms with Gasteiger partial charge in [-0.05, 0) is 42.2 Å². The van der Waals surface area contributed by atoms with Crippen molar-refractivity contribution in [3.05, 3.63) is 35.4 Å². The van der Waals surface area contributed by atoms with Gasteiger partial charge in [0, 0.05) is 23.1 Å². The summed E-state index contributed by atoms with van der Waals surface area (Å²) in [6.45, 7) is 3.59. The molecule has 4 aliphatic carbocycles. The van der Waals surface area contributed by atoms with Crippen molar-refractivity contribution in [3.8, 4) is 0 Å². The number of fused-ring (bicyclic) bond motifs is 5. The van der Waals surface area contributed by atoms with Crippen LogP contribution in [0.4, 0.5) is 0 Å². The first-order chi connectivity index (χ1) is 11.7. The lowest BCUT2D eigenvalue weighted by molar-refractivity contribution is -0.307. The van der Waals surface area contributed by atoms with Crippen LogP contribution < -0.4 is 5.32 Å². The zero-order valence-corrected chi connectivity index (χ0v) is 16.1. The molecule has 5 heteroatoms. The number of hydrogen-bond donors (Lipinski definition) is 3. The summed E-state index contributed by atoms with van der Waals surface area (Å²) < 4.78 is 0. The van der Waals surface area contributed by atoms with Gasteiger partial charge in [0.25, 0.3) is 0 Å². The van der Waals surface area contributed by atoms with Gasteiger partial charge in [-0.2, -0.15) is 0 Å². The van der Waals surface area contributed by atoms with Crippen LogP contribution in [0.25, 0.3) is 0 Å². The van der Waals surface area contributed by atoms with Crippen molar-refractivity contribution in [1.82, 2.24) is 5.32 Å². The van der Waals surface area contributed by atoms with Crippen molar-refractivity contribution in [3.63, 3.8) is 0 Å². The predicted octanol–water partition coefficient (Wildman–Crippen LogP) is 2.64. The number of rotatable bonds is 1. The molecule has 25 heavy (non-hydrogen) atoms. The summed E-state index contributed by atoms with van der Waals surface area (Å²) in [5, 5.41) is 26.3. The number of carbonyl (C=O) groups is 1. The quantitative estimate of drug-likeness (QED) is 0.628. The van der Waals surface area contributed by atoms with Gasteiger partial charge in [0.05, 0.1) is 17.2 Å². The Morgan fingerprint density at radius 2 is 1.84 bits per heavy atom. The van der Waals surface area contributed by atoms with Gasteiger partial charge < -0.3 is 15.5 Å². The van der Waals surface area contributed by atoms with Gasteiger partial charge in [-0.3, -0.25) is 4.79 Å². The minimum absolute atomic E-state index is 0.00854. The second-order valence-electron chi connectivity index (χ2n) is 8.79. The third kappa shape index (κ3) is 1.60. The Bertz CT molecular complexity index is 784. The molecular weight excluding hydrogens is 382 g/mol. The summed E-state index contributed by atoms with van der Waals surface area (Å²) in [6.07, 6.45) is 2.18. The molecule has 8 atom stereocenters. The Morgan fingerprint density at radius 1 is 1.20 bits per heavy atom. The monoisotopic (exact) mass is 405 g/mol. The highest BCUT2D eigenvalue weighted by Gasteiger charge is 2.83. The van der Waals surface area contributed by atoms with Crippen molar-refractivity contribution >= 4 is 21.8 Å². The van der Waals surface area contributed by atoms with Gasteiger partial charge in [0.15, 0.2) is 0 Å². The summed E-state index contributed by atoms with van der Waals surface area (Å²) in [7, 11) is 0. The van der Waals surface area contributed by atoms with Crippen LogP contribution in [0, 0.1) is 17.3 Å². The minimum atomic E-state index is -0.903. The number of benzene rings is 1. The fourth-order valence-electron chi connectivity index (χ4n) is 6.96. The molecule has 3 saturated carbocycles. The van der Waals surface area contributed by atoms with Gasteiger partial charge in [-0.25, -0.2) is 0 Å². The number of amides is 1. The second-order valence-corrected chi connectivity index (χ2v) is 9.85. The fraction of sp³-hybridized carbons (Fsp3) is 0.650. The molecule has 0 saturated heterocycles. The molecule has 1 aromatic rings. The summed E-state index contributed by atoms with van der Waals surface area (Å²) in [5.74, 6) is 0.241. The molecule has 4 nitrogen and oxygen atoms in total. The number of carbonyl (C=O) groups excluding carboxylic acids is 1. The van der Waals surface area contributed by atoms with Crippen molar-refractivity contribution < 1.29 is 15.0 Å². The zero-order valence-electron chi connectivity index (χ0n) is 14.5. The summed E-state index contributed by atoms with van der Waals surface area (Å²) >= 11 is 3.86. The highest BCUT2D eigenvalue weighted by Crippen LogP contribution is 2.80. The van der Waals surface area contributed by atoms with E-state index >= 15 is 0 Å². The van der Waals surface area contributed by atoms with E-state index in [2.05, 4.69) is 40.3 Å². The van der Waals surface area contributed by atoms with E-state index in [4.69, 9.17) is 0 Å². The van der Waals surface area contributed by atoms with E-state index in [1.165, 1.54) is 12.5 Å². The van der Waals surface area contributed by atoms with E-state index in [1.807, 2.05) is 12.1 Å². The Labute approximate surface area is 156 Å².